The van der Waals surface area contributed by atoms with Crippen LogP contribution in [0, 0.1) is 31.4 Å². The van der Waals surface area contributed by atoms with E-state index in [2.05, 4.69) is 18.2 Å². The van der Waals surface area contributed by atoms with Crippen molar-refractivity contribution in [3.8, 4) is 18.6 Å². The Labute approximate surface area is 255 Å². The number of likely N-dealkylation sites (N-methyl/N-ethyl adjacent to an activating group) is 1. The van der Waals surface area contributed by atoms with Gasteiger partial charge in [-0.1, -0.05) is 24.3 Å². The fourth-order valence-corrected chi connectivity index (χ4v) is 4.99. The van der Waals surface area contributed by atoms with Crippen molar-refractivity contribution in [3.63, 3.8) is 0 Å². The molecule has 0 unspecified atom stereocenters. The number of hydrogen-bond acceptors (Lipinski definition) is 6. The molecule has 0 aliphatic carbocycles. The predicted octanol–water partition coefficient (Wildman–Crippen LogP) is 5.23. The van der Waals surface area contributed by atoms with Crippen LogP contribution in [0.4, 0.5) is 8.78 Å². The van der Waals surface area contributed by atoms with Crippen molar-refractivity contribution in [1.29, 1.82) is 0 Å². The van der Waals surface area contributed by atoms with E-state index in [0.29, 0.717) is 24.1 Å². The molecule has 7 nitrogen and oxygen atoms in total. The van der Waals surface area contributed by atoms with Crippen LogP contribution in [-0.4, -0.2) is 50.5 Å². The Balaban J connectivity index is 0.000000580. The number of amides is 1. The summed E-state index contributed by atoms with van der Waals surface area (Å²) in [5, 5.41) is 11.3. The lowest BCUT2D eigenvalue weighted by Crippen LogP contribution is -2.24. The highest BCUT2D eigenvalue weighted by Gasteiger charge is 2.22. The third-order valence-corrected chi connectivity index (χ3v) is 6.80. The maximum atomic E-state index is 12.2. The van der Waals surface area contributed by atoms with Crippen molar-refractivity contribution in [3.05, 3.63) is 101 Å². The molecular weight excluding hydrogens is 574 g/mol. The zero-order chi connectivity index (χ0) is 33.2. The molecule has 43 heavy (non-hydrogen) atoms. The Hall–Kier alpha value is -3.78. The van der Waals surface area contributed by atoms with Gasteiger partial charge in [0.1, 0.15) is 23.0 Å². The molecule has 0 aromatic heterocycles. The van der Waals surface area contributed by atoms with Gasteiger partial charge in [0.05, 0.1) is 17.6 Å². The number of ether oxygens (including phenoxy) is 1. The van der Waals surface area contributed by atoms with E-state index in [0.717, 1.165) is 22.9 Å². The summed E-state index contributed by atoms with van der Waals surface area (Å²) in [6.07, 6.45) is 8.38. The molecular formula is C33H44F2N2O5S. The number of aryl methyl sites for hydroxylation is 2. The quantitative estimate of drug-likeness (QED) is 0.345. The average molecular weight is 619 g/mol. The second-order valence-electron chi connectivity index (χ2n) is 10.6. The van der Waals surface area contributed by atoms with Gasteiger partial charge in [0.2, 0.25) is 5.91 Å². The Morgan fingerprint density at radius 2 is 1.58 bits per heavy atom. The summed E-state index contributed by atoms with van der Waals surface area (Å²) in [6.45, 7) is 10.1. The molecule has 1 atom stereocenters. The van der Waals surface area contributed by atoms with Gasteiger partial charge in [-0.15, -0.1) is 12.8 Å². The lowest BCUT2D eigenvalue weighted by atomic mass is 10.1. The number of rotatable bonds is 4. The van der Waals surface area contributed by atoms with Gasteiger partial charge in [-0.2, -0.15) is 0 Å². The fraction of sp³-hybridized carbons (Fsp3) is 0.364. The van der Waals surface area contributed by atoms with Crippen molar-refractivity contribution < 1.29 is 31.8 Å². The first-order valence-corrected chi connectivity index (χ1v) is 15.3. The maximum Gasteiger partial charge on any atom is 0.248 e. The van der Waals surface area contributed by atoms with Crippen LogP contribution >= 0.6 is 0 Å². The van der Waals surface area contributed by atoms with E-state index in [1.54, 1.807) is 38.1 Å². The number of terminal acetylenes is 1. The molecule has 10 heteroatoms. The summed E-state index contributed by atoms with van der Waals surface area (Å²) in [4.78, 5) is 10.4. The van der Waals surface area contributed by atoms with E-state index >= 15 is 0 Å². The van der Waals surface area contributed by atoms with Crippen LogP contribution in [0.1, 0.15) is 54.7 Å². The van der Waals surface area contributed by atoms with Gasteiger partial charge in [0.25, 0.3) is 0 Å². The van der Waals surface area contributed by atoms with Crippen LogP contribution in [0.25, 0.3) is 0 Å². The summed E-state index contributed by atoms with van der Waals surface area (Å²) in [5.41, 5.74) is 7.92. The van der Waals surface area contributed by atoms with Gasteiger partial charge in [-0.05, 0) is 101 Å². The van der Waals surface area contributed by atoms with Crippen LogP contribution in [0.5, 0.6) is 5.75 Å². The molecule has 0 fully saturated rings. The van der Waals surface area contributed by atoms with Gasteiger partial charge < -0.3 is 20.9 Å². The number of carbonyl (C=O) groups excluding carboxylic acids is 1. The molecule has 0 bridgehead atoms. The molecule has 4 N–H and O–H groups in total. The molecule has 0 radical (unpaired) electrons. The number of nitrogens with one attached hydrogen (secondary N) is 1. The molecule has 4 rings (SSSR count). The number of primary amides is 1. The lowest BCUT2D eigenvalue weighted by Gasteiger charge is -2.23. The van der Waals surface area contributed by atoms with Gasteiger partial charge in [0, 0.05) is 18.2 Å². The van der Waals surface area contributed by atoms with E-state index in [9.17, 15) is 22.0 Å². The van der Waals surface area contributed by atoms with Gasteiger partial charge >= 0.3 is 0 Å². The molecule has 0 spiro atoms. The molecule has 236 valence electrons. The normalized spacial score (nSPS) is 13.3. The summed E-state index contributed by atoms with van der Waals surface area (Å²) in [7, 11) is -1.07. The number of nitrogens with two attached hydrogens (primary N) is 1. The number of sulfone groups is 1. The smallest absolute Gasteiger partial charge is 0.248 e. The zero-order valence-corrected chi connectivity index (χ0v) is 26.5. The molecule has 1 aliphatic rings. The van der Waals surface area contributed by atoms with E-state index in [-0.39, 0.29) is 29.1 Å². The van der Waals surface area contributed by atoms with E-state index in [1.807, 2.05) is 52.1 Å². The minimum atomic E-state index is -2.88. The molecule has 1 amide bonds. The number of aliphatic hydroxyl groups excluding tert-OH is 1. The second kappa shape index (κ2) is 19.4. The monoisotopic (exact) mass is 618 g/mol. The number of benzene rings is 3. The standard InChI is InChI=1S/C13H18O3S.C7H6F2.C7H7NO.C4H11NO.C2H2/c1-13(2,3)16-12-5-4-11-9-17(14,15)7-6-10(11)8-12;1-5-2-6(8)4-7(9)3-5;8-7(9)6-4-2-1-3-5-6;1-4(6)3-5-2;1-2/h4-5,8H,6-7,9H2,1-3H3;2-4H,1H3;1-5H,(H2,8,9);4-6H,3H2,1-2H3;1-2H/t;;;4-;/m...0./s1. The Bertz CT molecular complexity index is 1340. The maximum absolute atomic E-state index is 12.2. The van der Waals surface area contributed by atoms with Crippen LogP contribution in [0.3, 0.4) is 0 Å². The molecule has 1 heterocycles. The molecule has 1 aliphatic heterocycles. The summed E-state index contributed by atoms with van der Waals surface area (Å²) < 4.78 is 53.1. The molecule has 3 aromatic rings. The molecule has 3 aromatic carbocycles. The lowest BCUT2D eigenvalue weighted by molar-refractivity contribution is 0.1000. The average Bonchev–Trinajstić information content (AvgIpc) is 2.89. The minimum absolute atomic E-state index is 0.165. The number of halogens is 2. The predicted molar refractivity (Wildman–Crippen MR) is 170 cm³/mol. The molecule has 0 saturated heterocycles. The Kier molecular flexibility index (Phi) is 17.7. The third kappa shape index (κ3) is 18.4. The number of hydrogen-bond donors (Lipinski definition) is 3. The van der Waals surface area contributed by atoms with Gasteiger partial charge in [-0.3, -0.25) is 4.79 Å². The van der Waals surface area contributed by atoms with Crippen molar-refractivity contribution in [2.75, 3.05) is 19.3 Å². The van der Waals surface area contributed by atoms with Crippen LogP contribution in [-0.2, 0) is 22.0 Å². The second-order valence-corrected chi connectivity index (χ2v) is 12.8. The van der Waals surface area contributed by atoms with Crippen LogP contribution in [0.15, 0.2) is 66.7 Å². The van der Waals surface area contributed by atoms with E-state index in [1.165, 1.54) is 12.1 Å². The van der Waals surface area contributed by atoms with Crippen LogP contribution in [0.2, 0.25) is 0 Å². The van der Waals surface area contributed by atoms with Gasteiger partial charge in [-0.25, -0.2) is 17.2 Å². The highest BCUT2D eigenvalue weighted by Crippen LogP contribution is 2.27. The largest absolute Gasteiger partial charge is 0.488 e. The van der Waals surface area contributed by atoms with Crippen molar-refractivity contribution >= 4 is 15.7 Å². The van der Waals surface area contributed by atoms with E-state index in [4.69, 9.17) is 15.6 Å². The summed E-state index contributed by atoms with van der Waals surface area (Å²) in [6, 6.07) is 17.9. The van der Waals surface area contributed by atoms with Crippen LogP contribution < -0.4 is 15.8 Å². The number of fused-ring (bicyclic) bond motifs is 1. The molecule has 0 saturated carbocycles. The number of carbonyl (C=O) groups is 1. The first-order valence-electron chi connectivity index (χ1n) is 13.5. The highest BCUT2D eigenvalue weighted by molar-refractivity contribution is 7.90. The Morgan fingerprint density at radius 1 is 1.02 bits per heavy atom. The zero-order valence-electron chi connectivity index (χ0n) is 25.7. The third-order valence-electron chi connectivity index (χ3n) is 5.22. The van der Waals surface area contributed by atoms with Gasteiger partial charge in [0.15, 0.2) is 9.84 Å². The first kappa shape index (κ1) is 39.2. The summed E-state index contributed by atoms with van der Waals surface area (Å²) in [5.74, 6) is -0.192. The highest BCUT2D eigenvalue weighted by atomic mass is 32.2. The van der Waals surface area contributed by atoms with Crippen molar-refractivity contribution in [2.24, 2.45) is 5.73 Å². The SMILES string of the molecule is C#C.CC(C)(C)Oc1ccc2c(c1)CCS(=O)(=O)C2.CNC[C@H](C)O.Cc1cc(F)cc(F)c1.NC(=O)c1ccccc1. The Morgan fingerprint density at radius 3 is 1.98 bits per heavy atom. The minimum Gasteiger partial charge on any atom is -0.488 e. The van der Waals surface area contributed by atoms with E-state index < -0.39 is 21.5 Å². The fourth-order valence-electron chi connectivity index (χ4n) is 3.56. The summed E-state index contributed by atoms with van der Waals surface area (Å²) >= 11 is 0. The topological polar surface area (TPSA) is 119 Å². The van der Waals surface area contributed by atoms with Crippen molar-refractivity contribution in [1.82, 2.24) is 5.32 Å². The van der Waals surface area contributed by atoms with Crippen molar-refractivity contribution in [2.45, 2.75) is 58.5 Å². The number of aliphatic hydroxyl groups is 1. The first-order chi connectivity index (χ1) is 20.0.